The summed E-state index contributed by atoms with van der Waals surface area (Å²) in [5.41, 5.74) is 3.05. The molecule has 0 amide bonds. The molecule has 0 atom stereocenters. The lowest BCUT2D eigenvalue weighted by atomic mass is 9.86. The molecule has 2 N–H and O–H groups in total. The van der Waals surface area contributed by atoms with Gasteiger partial charge in [-0.3, -0.25) is 0 Å². The minimum absolute atomic E-state index is 0.0718. The molecule has 0 aliphatic rings. The van der Waals surface area contributed by atoms with Crippen molar-refractivity contribution in [2.75, 3.05) is 0 Å². The van der Waals surface area contributed by atoms with Gasteiger partial charge in [-0.25, -0.2) is 0 Å². The summed E-state index contributed by atoms with van der Waals surface area (Å²) >= 11 is 0. The molecule has 0 aliphatic heterocycles. The minimum Gasteiger partial charge on any atom is -0.508 e. The summed E-state index contributed by atoms with van der Waals surface area (Å²) < 4.78 is 0. The molecule has 18 heavy (non-hydrogen) atoms. The summed E-state index contributed by atoms with van der Waals surface area (Å²) in [5, 5.41) is 19.1. The van der Waals surface area contributed by atoms with Crippen LogP contribution in [0.25, 0.3) is 11.1 Å². The van der Waals surface area contributed by atoms with E-state index >= 15 is 0 Å². The summed E-state index contributed by atoms with van der Waals surface area (Å²) in [6.45, 7) is 6.50. The van der Waals surface area contributed by atoms with Crippen LogP contribution in [0.1, 0.15) is 26.3 Å². The highest BCUT2D eigenvalue weighted by Gasteiger charge is 2.13. The molecule has 2 aromatic carbocycles. The molecular formula is C16H18O2. The number of hydrogen-bond donors (Lipinski definition) is 2. The zero-order valence-electron chi connectivity index (χ0n) is 10.9. The summed E-state index contributed by atoms with van der Waals surface area (Å²) in [7, 11) is 0. The van der Waals surface area contributed by atoms with Crippen molar-refractivity contribution in [1.29, 1.82) is 0 Å². The van der Waals surface area contributed by atoms with Crippen molar-refractivity contribution in [3.05, 3.63) is 48.0 Å². The molecular weight excluding hydrogens is 224 g/mol. The van der Waals surface area contributed by atoms with E-state index in [1.807, 2.05) is 12.1 Å². The highest BCUT2D eigenvalue weighted by atomic mass is 16.3. The Hall–Kier alpha value is -1.96. The Bertz CT molecular complexity index is 548. The molecule has 0 fully saturated rings. The van der Waals surface area contributed by atoms with E-state index < -0.39 is 0 Å². The molecule has 0 spiro atoms. The molecule has 94 valence electrons. The predicted octanol–water partition coefficient (Wildman–Crippen LogP) is 4.06. The average molecular weight is 242 g/mol. The number of rotatable bonds is 1. The third-order valence-corrected chi connectivity index (χ3v) is 3.04. The monoisotopic (exact) mass is 242 g/mol. The first-order valence-electron chi connectivity index (χ1n) is 6.01. The van der Waals surface area contributed by atoms with Crippen LogP contribution in [-0.4, -0.2) is 10.2 Å². The maximum Gasteiger partial charge on any atom is 0.127 e. The Morgan fingerprint density at radius 2 is 1.44 bits per heavy atom. The zero-order chi connectivity index (χ0) is 13.3. The minimum atomic E-state index is 0.0718. The van der Waals surface area contributed by atoms with Gasteiger partial charge in [0.1, 0.15) is 11.5 Å². The summed E-state index contributed by atoms with van der Waals surface area (Å²) in [5.74, 6) is 0.168. The van der Waals surface area contributed by atoms with Crippen LogP contribution in [0.15, 0.2) is 42.5 Å². The largest absolute Gasteiger partial charge is 0.508 e. The van der Waals surface area contributed by atoms with Gasteiger partial charge >= 0.3 is 0 Å². The number of aromatic hydroxyl groups is 2. The Kier molecular flexibility index (Phi) is 3.04. The van der Waals surface area contributed by atoms with Crippen LogP contribution in [0, 0.1) is 0 Å². The van der Waals surface area contributed by atoms with E-state index in [4.69, 9.17) is 0 Å². The summed E-state index contributed by atoms with van der Waals surface area (Å²) in [4.78, 5) is 0. The molecule has 0 bridgehead atoms. The molecule has 2 heteroatoms. The smallest absolute Gasteiger partial charge is 0.127 e. The fourth-order valence-corrected chi connectivity index (χ4v) is 1.91. The molecule has 2 rings (SSSR count). The lowest BCUT2D eigenvalue weighted by Gasteiger charge is -2.19. The second-order valence-corrected chi connectivity index (χ2v) is 5.53. The number of phenolic OH excluding ortho intramolecular Hbond substituents is 2. The third-order valence-electron chi connectivity index (χ3n) is 3.04. The Morgan fingerprint density at radius 1 is 0.833 bits per heavy atom. The molecule has 0 unspecified atom stereocenters. The van der Waals surface area contributed by atoms with Crippen LogP contribution in [0.5, 0.6) is 11.5 Å². The van der Waals surface area contributed by atoms with Gasteiger partial charge in [0.05, 0.1) is 0 Å². The predicted molar refractivity (Wildman–Crippen MR) is 73.9 cm³/mol. The van der Waals surface area contributed by atoms with Crippen LogP contribution in [0.4, 0.5) is 0 Å². The third kappa shape index (κ3) is 2.48. The van der Waals surface area contributed by atoms with Gasteiger partial charge < -0.3 is 10.2 Å². The van der Waals surface area contributed by atoms with E-state index in [-0.39, 0.29) is 16.9 Å². The van der Waals surface area contributed by atoms with Crippen LogP contribution in [-0.2, 0) is 5.41 Å². The van der Waals surface area contributed by atoms with Gasteiger partial charge in [-0.2, -0.15) is 0 Å². The van der Waals surface area contributed by atoms with E-state index in [0.29, 0.717) is 0 Å². The second-order valence-electron chi connectivity index (χ2n) is 5.53. The Balaban J connectivity index is 2.41. The van der Waals surface area contributed by atoms with E-state index in [9.17, 15) is 10.2 Å². The molecule has 2 aromatic rings. The van der Waals surface area contributed by atoms with Gasteiger partial charge in [0.15, 0.2) is 0 Å². The van der Waals surface area contributed by atoms with E-state index in [1.165, 1.54) is 11.6 Å². The molecule has 0 radical (unpaired) electrons. The average Bonchev–Trinajstić information content (AvgIpc) is 2.28. The number of hydrogen-bond acceptors (Lipinski definition) is 2. The summed E-state index contributed by atoms with van der Waals surface area (Å²) in [6.07, 6.45) is 0. The van der Waals surface area contributed by atoms with Crippen molar-refractivity contribution < 1.29 is 10.2 Å². The lowest BCUT2D eigenvalue weighted by Crippen LogP contribution is -2.10. The fourth-order valence-electron chi connectivity index (χ4n) is 1.91. The van der Waals surface area contributed by atoms with Gasteiger partial charge in [0, 0.05) is 11.6 Å². The quantitative estimate of drug-likeness (QED) is 0.791. The molecule has 0 heterocycles. The van der Waals surface area contributed by atoms with Crippen LogP contribution < -0.4 is 0 Å². The van der Waals surface area contributed by atoms with Crippen molar-refractivity contribution in [3.8, 4) is 22.6 Å². The number of benzene rings is 2. The van der Waals surface area contributed by atoms with Gasteiger partial charge in [-0.1, -0.05) is 45.0 Å². The van der Waals surface area contributed by atoms with Crippen molar-refractivity contribution in [2.45, 2.75) is 26.2 Å². The molecule has 0 aromatic heterocycles. The second kappa shape index (κ2) is 4.37. The Labute approximate surface area is 108 Å². The molecule has 0 aliphatic carbocycles. The lowest BCUT2D eigenvalue weighted by molar-refractivity contribution is 0.452. The van der Waals surface area contributed by atoms with Crippen LogP contribution in [0.3, 0.4) is 0 Å². The first kappa shape index (κ1) is 12.5. The maximum atomic E-state index is 9.81. The Morgan fingerprint density at radius 3 is 1.94 bits per heavy atom. The number of phenols is 2. The fraction of sp³-hybridized carbons (Fsp3) is 0.250. The highest BCUT2D eigenvalue weighted by molar-refractivity contribution is 5.71. The van der Waals surface area contributed by atoms with Gasteiger partial charge in [0.2, 0.25) is 0 Å². The standard InChI is InChI=1S/C16H18O2/c1-16(2,3)12-6-4-11(5-7-12)14-9-8-13(17)10-15(14)18/h4-10,17-18H,1-3H3. The molecule has 2 nitrogen and oxygen atoms in total. The first-order chi connectivity index (χ1) is 8.38. The summed E-state index contributed by atoms with van der Waals surface area (Å²) in [6, 6.07) is 12.8. The van der Waals surface area contributed by atoms with E-state index in [0.717, 1.165) is 11.1 Å². The normalized spacial score (nSPS) is 11.5. The maximum absolute atomic E-state index is 9.81. The first-order valence-corrected chi connectivity index (χ1v) is 6.01. The van der Waals surface area contributed by atoms with Crippen molar-refractivity contribution in [3.63, 3.8) is 0 Å². The highest BCUT2D eigenvalue weighted by Crippen LogP contribution is 2.33. The van der Waals surface area contributed by atoms with Crippen LogP contribution >= 0.6 is 0 Å². The SMILES string of the molecule is CC(C)(C)c1ccc(-c2ccc(O)cc2O)cc1. The molecule has 0 saturated carbocycles. The van der Waals surface area contributed by atoms with Crippen LogP contribution in [0.2, 0.25) is 0 Å². The molecule has 0 saturated heterocycles. The van der Waals surface area contributed by atoms with Crippen molar-refractivity contribution in [1.82, 2.24) is 0 Å². The van der Waals surface area contributed by atoms with Crippen molar-refractivity contribution >= 4 is 0 Å². The van der Waals surface area contributed by atoms with Crippen molar-refractivity contribution in [2.24, 2.45) is 0 Å². The van der Waals surface area contributed by atoms with E-state index in [2.05, 4.69) is 32.9 Å². The van der Waals surface area contributed by atoms with E-state index in [1.54, 1.807) is 12.1 Å². The van der Waals surface area contributed by atoms with Gasteiger partial charge in [-0.15, -0.1) is 0 Å². The topological polar surface area (TPSA) is 40.5 Å². The van der Waals surface area contributed by atoms with Gasteiger partial charge in [0.25, 0.3) is 0 Å². The zero-order valence-corrected chi connectivity index (χ0v) is 10.9. The van der Waals surface area contributed by atoms with Gasteiger partial charge in [-0.05, 0) is 28.7 Å².